The summed E-state index contributed by atoms with van der Waals surface area (Å²) in [5.41, 5.74) is 4.04. The predicted molar refractivity (Wildman–Crippen MR) is 79.5 cm³/mol. The summed E-state index contributed by atoms with van der Waals surface area (Å²) < 4.78 is 0. The summed E-state index contributed by atoms with van der Waals surface area (Å²) in [5.74, 6) is 5.25. The minimum Gasteiger partial charge on any atom is -0.320 e. The van der Waals surface area contributed by atoms with E-state index in [1.54, 1.807) is 6.20 Å². The number of aromatic nitrogens is 3. The fraction of sp³-hybridized carbons (Fsp3) is 0. The molecule has 1 aromatic carbocycles. The first-order valence-electron chi connectivity index (χ1n) is 6.21. The van der Waals surface area contributed by atoms with Crippen molar-refractivity contribution in [1.29, 1.82) is 0 Å². The number of fused-ring (bicyclic) bond motifs is 1. The van der Waals surface area contributed by atoms with Crippen LogP contribution in [0.4, 0.5) is 11.5 Å². The first kappa shape index (κ1) is 12.9. The molecule has 0 radical (unpaired) electrons. The van der Waals surface area contributed by atoms with Crippen LogP contribution in [-0.4, -0.2) is 20.9 Å². The normalized spacial score (nSPS) is 10.3. The predicted octanol–water partition coefficient (Wildman–Crippen LogP) is 1.56. The molecule has 7 nitrogen and oxygen atoms in total. The van der Waals surface area contributed by atoms with Crippen LogP contribution in [0.25, 0.3) is 10.9 Å². The Morgan fingerprint density at radius 2 is 1.95 bits per heavy atom. The number of benzene rings is 1. The third-order valence-electron chi connectivity index (χ3n) is 2.93. The molecule has 0 saturated heterocycles. The first-order valence-corrected chi connectivity index (χ1v) is 6.21. The first-order chi connectivity index (χ1) is 10.3. The third-order valence-corrected chi connectivity index (χ3v) is 2.93. The molecule has 0 unspecified atom stereocenters. The highest BCUT2D eigenvalue weighted by atomic mass is 16.1. The van der Waals surface area contributed by atoms with Crippen LogP contribution in [0.1, 0.15) is 10.5 Å². The number of nitrogens with two attached hydrogens (primary N) is 1. The largest absolute Gasteiger partial charge is 0.320 e. The van der Waals surface area contributed by atoms with Gasteiger partial charge in [-0.3, -0.25) is 9.78 Å². The maximum absolute atomic E-state index is 12.2. The van der Waals surface area contributed by atoms with Crippen molar-refractivity contribution in [2.75, 3.05) is 10.7 Å². The van der Waals surface area contributed by atoms with Gasteiger partial charge in [0, 0.05) is 11.6 Å². The van der Waals surface area contributed by atoms with Crippen molar-refractivity contribution in [3.8, 4) is 0 Å². The minimum atomic E-state index is -0.345. The van der Waals surface area contributed by atoms with Crippen molar-refractivity contribution in [3.63, 3.8) is 0 Å². The van der Waals surface area contributed by atoms with Gasteiger partial charge in [-0.25, -0.2) is 15.8 Å². The topological polar surface area (TPSA) is 106 Å². The van der Waals surface area contributed by atoms with Gasteiger partial charge < -0.3 is 10.7 Å². The molecule has 4 N–H and O–H groups in total. The highest BCUT2D eigenvalue weighted by Crippen LogP contribution is 2.21. The lowest BCUT2D eigenvalue weighted by Crippen LogP contribution is -2.15. The molecule has 0 saturated carbocycles. The van der Waals surface area contributed by atoms with Gasteiger partial charge in [0.05, 0.1) is 23.6 Å². The fourth-order valence-corrected chi connectivity index (χ4v) is 1.92. The molecule has 2 aromatic heterocycles. The molecular weight excluding hydrogens is 268 g/mol. The van der Waals surface area contributed by atoms with E-state index in [-0.39, 0.29) is 11.6 Å². The lowest BCUT2D eigenvalue weighted by Gasteiger charge is -2.08. The minimum absolute atomic E-state index is 0.204. The van der Waals surface area contributed by atoms with Crippen LogP contribution >= 0.6 is 0 Å². The Morgan fingerprint density at radius 3 is 2.71 bits per heavy atom. The van der Waals surface area contributed by atoms with Crippen LogP contribution in [0, 0.1) is 0 Å². The van der Waals surface area contributed by atoms with Crippen molar-refractivity contribution in [2.45, 2.75) is 0 Å². The van der Waals surface area contributed by atoms with E-state index in [4.69, 9.17) is 5.84 Å². The van der Waals surface area contributed by atoms with Crippen LogP contribution in [0.2, 0.25) is 0 Å². The van der Waals surface area contributed by atoms with E-state index in [0.717, 1.165) is 10.9 Å². The van der Waals surface area contributed by atoms with Crippen LogP contribution in [0.5, 0.6) is 0 Å². The summed E-state index contributed by atoms with van der Waals surface area (Å²) in [6, 6.07) is 9.24. The van der Waals surface area contributed by atoms with Gasteiger partial charge in [-0.05, 0) is 24.3 Å². The molecule has 3 aromatic rings. The molecule has 0 spiro atoms. The summed E-state index contributed by atoms with van der Waals surface area (Å²) in [4.78, 5) is 24.4. The highest BCUT2D eigenvalue weighted by molar-refractivity contribution is 6.07. The number of nitrogen functional groups attached to an aromatic ring is 1. The number of anilines is 2. The van der Waals surface area contributed by atoms with Crippen molar-refractivity contribution in [2.24, 2.45) is 5.84 Å². The monoisotopic (exact) mass is 280 g/mol. The van der Waals surface area contributed by atoms with Gasteiger partial charge in [-0.15, -0.1) is 0 Å². The number of carbonyl (C=O) groups is 1. The molecule has 2 heterocycles. The van der Waals surface area contributed by atoms with E-state index < -0.39 is 0 Å². The van der Waals surface area contributed by atoms with Crippen LogP contribution in [0.3, 0.4) is 0 Å². The second-order valence-electron chi connectivity index (χ2n) is 4.26. The second-order valence-corrected chi connectivity index (χ2v) is 4.26. The van der Waals surface area contributed by atoms with Gasteiger partial charge in [0.25, 0.3) is 5.91 Å². The molecule has 0 aliphatic carbocycles. The molecule has 3 rings (SSSR count). The Bertz CT molecular complexity index is 782. The van der Waals surface area contributed by atoms with Gasteiger partial charge in [0.1, 0.15) is 5.69 Å². The van der Waals surface area contributed by atoms with Crippen molar-refractivity contribution in [3.05, 3.63) is 54.6 Å². The average molecular weight is 280 g/mol. The molecule has 0 aliphatic heterocycles. The Kier molecular flexibility index (Phi) is 3.40. The molecule has 0 atom stereocenters. The number of carbonyl (C=O) groups excluding carboxylic acids is 1. The lowest BCUT2D eigenvalue weighted by atomic mass is 10.2. The number of hydrogen-bond donors (Lipinski definition) is 3. The van der Waals surface area contributed by atoms with Gasteiger partial charge in [0.15, 0.2) is 5.82 Å². The number of nitrogens with one attached hydrogen (secondary N) is 2. The molecule has 0 bridgehead atoms. The van der Waals surface area contributed by atoms with E-state index in [1.807, 2.05) is 30.3 Å². The zero-order chi connectivity index (χ0) is 14.7. The summed E-state index contributed by atoms with van der Waals surface area (Å²) >= 11 is 0. The van der Waals surface area contributed by atoms with Crippen molar-refractivity contribution >= 4 is 28.3 Å². The van der Waals surface area contributed by atoms with E-state index in [1.165, 1.54) is 12.4 Å². The Hall–Kier alpha value is -3.06. The second kappa shape index (κ2) is 5.51. The number of amides is 1. The van der Waals surface area contributed by atoms with Crippen molar-refractivity contribution in [1.82, 2.24) is 15.0 Å². The highest BCUT2D eigenvalue weighted by Gasteiger charge is 2.10. The van der Waals surface area contributed by atoms with Crippen LogP contribution in [-0.2, 0) is 0 Å². The number of hydrazine groups is 1. The van der Waals surface area contributed by atoms with Crippen LogP contribution in [0.15, 0.2) is 48.9 Å². The standard InChI is InChI=1S/C14H12N6O/c15-20-13-8-17-12(7-18-13)14(21)19-11-5-1-4-10-9(11)3-2-6-16-10/h1-8H,15H2,(H,18,20)(H,19,21). The molecule has 104 valence electrons. The summed E-state index contributed by atoms with van der Waals surface area (Å²) in [7, 11) is 0. The maximum atomic E-state index is 12.2. The zero-order valence-corrected chi connectivity index (χ0v) is 10.9. The lowest BCUT2D eigenvalue weighted by molar-refractivity contribution is 0.102. The molecular formula is C14H12N6O. The quantitative estimate of drug-likeness (QED) is 0.496. The molecule has 0 fully saturated rings. The Morgan fingerprint density at radius 1 is 1.05 bits per heavy atom. The molecule has 1 amide bonds. The van der Waals surface area contributed by atoms with Crippen molar-refractivity contribution < 1.29 is 4.79 Å². The molecule has 7 heteroatoms. The van der Waals surface area contributed by atoms with E-state index >= 15 is 0 Å². The Labute approximate surface area is 120 Å². The molecule has 0 aliphatic rings. The molecule has 21 heavy (non-hydrogen) atoms. The SMILES string of the molecule is NNc1cnc(C(=O)Nc2cccc3ncccc23)cn1. The van der Waals surface area contributed by atoms with E-state index in [9.17, 15) is 4.79 Å². The number of rotatable bonds is 3. The van der Waals surface area contributed by atoms with E-state index in [0.29, 0.717) is 11.5 Å². The fourth-order valence-electron chi connectivity index (χ4n) is 1.92. The van der Waals surface area contributed by atoms with Gasteiger partial charge >= 0.3 is 0 Å². The summed E-state index contributed by atoms with van der Waals surface area (Å²) in [6.45, 7) is 0. The average Bonchev–Trinajstić information content (AvgIpc) is 2.55. The number of pyridine rings is 1. The number of hydrogen-bond acceptors (Lipinski definition) is 6. The number of nitrogens with zero attached hydrogens (tertiary/aromatic N) is 3. The zero-order valence-electron chi connectivity index (χ0n) is 10.9. The van der Waals surface area contributed by atoms with Crippen LogP contribution < -0.4 is 16.6 Å². The summed E-state index contributed by atoms with van der Waals surface area (Å²) in [6.07, 6.45) is 4.45. The van der Waals surface area contributed by atoms with Gasteiger partial charge in [-0.2, -0.15) is 0 Å². The smallest absolute Gasteiger partial charge is 0.275 e. The van der Waals surface area contributed by atoms with Gasteiger partial charge in [-0.1, -0.05) is 6.07 Å². The maximum Gasteiger partial charge on any atom is 0.275 e. The summed E-state index contributed by atoms with van der Waals surface area (Å²) in [5, 5.41) is 3.67. The van der Waals surface area contributed by atoms with Gasteiger partial charge in [0.2, 0.25) is 0 Å². The van der Waals surface area contributed by atoms with E-state index in [2.05, 4.69) is 25.7 Å². The Balaban J connectivity index is 1.89. The third kappa shape index (κ3) is 2.63.